The first-order valence-corrected chi connectivity index (χ1v) is 8.44. The van der Waals surface area contributed by atoms with E-state index in [1.807, 2.05) is 5.10 Å². The molecule has 0 radical (unpaired) electrons. The van der Waals surface area contributed by atoms with Gasteiger partial charge in [0.15, 0.2) is 5.69 Å². The number of carbonyl (C=O) groups is 2. The molecule has 0 fully saturated rings. The molecule has 10 heteroatoms. The topological polar surface area (TPSA) is 84.5 Å². The quantitative estimate of drug-likeness (QED) is 0.784. The zero-order chi connectivity index (χ0) is 20.5. The Morgan fingerprint density at radius 3 is 2.57 bits per heavy atom. The molecule has 1 aromatic carbocycles. The highest BCUT2D eigenvalue weighted by molar-refractivity contribution is 5.96. The van der Waals surface area contributed by atoms with Gasteiger partial charge in [-0.1, -0.05) is 12.1 Å². The van der Waals surface area contributed by atoms with Crippen molar-refractivity contribution >= 4 is 11.9 Å². The number of nitrogens with zero attached hydrogens (tertiary/aromatic N) is 2. The molecule has 0 bridgehead atoms. The van der Waals surface area contributed by atoms with Gasteiger partial charge in [-0.05, 0) is 17.7 Å². The van der Waals surface area contributed by atoms with Gasteiger partial charge < -0.3 is 14.4 Å². The largest absolute Gasteiger partial charge is 0.497 e. The van der Waals surface area contributed by atoms with E-state index in [9.17, 15) is 22.8 Å². The Hall–Kier alpha value is -3.04. The van der Waals surface area contributed by atoms with Crippen molar-refractivity contribution in [3.05, 3.63) is 46.8 Å². The summed E-state index contributed by atoms with van der Waals surface area (Å²) in [5.41, 5.74) is -0.899. The summed E-state index contributed by atoms with van der Waals surface area (Å²) in [6, 6.07) is 6.59. The molecule has 1 aromatic heterocycles. The number of amides is 1. The summed E-state index contributed by atoms with van der Waals surface area (Å²) in [5, 5.41) is 5.61. The fourth-order valence-corrected chi connectivity index (χ4v) is 3.21. The number of aromatic nitrogens is 2. The van der Waals surface area contributed by atoms with Crippen LogP contribution >= 0.6 is 0 Å². The molecule has 1 atom stereocenters. The monoisotopic (exact) mass is 397 g/mol. The highest BCUT2D eigenvalue weighted by Gasteiger charge is 2.44. The summed E-state index contributed by atoms with van der Waals surface area (Å²) in [7, 11) is 1.49. The molecule has 0 spiro atoms. The Bertz CT molecular complexity index is 877. The third-order valence-electron chi connectivity index (χ3n) is 4.51. The zero-order valence-corrected chi connectivity index (χ0v) is 15.2. The Labute approximate surface area is 158 Å². The number of halogens is 3. The lowest BCUT2D eigenvalue weighted by Crippen LogP contribution is -2.42. The van der Waals surface area contributed by atoms with Crippen molar-refractivity contribution in [1.82, 2.24) is 15.1 Å². The normalized spacial score (nSPS) is 16.7. The summed E-state index contributed by atoms with van der Waals surface area (Å²) >= 11 is 0. The first kappa shape index (κ1) is 19.7. The molecule has 150 valence electrons. The number of alkyl halides is 3. The van der Waals surface area contributed by atoms with Crippen LogP contribution in [0.3, 0.4) is 0 Å². The second-order valence-electron chi connectivity index (χ2n) is 6.28. The number of ether oxygens (including phenoxy) is 2. The van der Waals surface area contributed by atoms with E-state index in [1.54, 1.807) is 24.3 Å². The number of rotatable bonds is 5. The third kappa shape index (κ3) is 3.80. The van der Waals surface area contributed by atoms with Crippen LogP contribution in [0.4, 0.5) is 13.2 Å². The van der Waals surface area contributed by atoms with Crippen LogP contribution in [-0.2, 0) is 15.7 Å². The maximum absolute atomic E-state index is 13.5. The predicted octanol–water partition coefficient (Wildman–Crippen LogP) is 2.59. The molecule has 0 saturated carbocycles. The second kappa shape index (κ2) is 7.53. The van der Waals surface area contributed by atoms with Gasteiger partial charge in [-0.15, -0.1) is 0 Å². The SMILES string of the molecule is COc1ccc(C2CN(CCOC(C)=O)C(=O)c3n[nH]c(C(F)(F)F)c32)cc1. The van der Waals surface area contributed by atoms with Crippen molar-refractivity contribution < 1.29 is 32.2 Å². The van der Waals surface area contributed by atoms with Crippen LogP contribution in [0.5, 0.6) is 5.75 Å². The fourth-order valence-electron chi connectivity index (χ4n) is 3.21. The number of H-pyrrole nitrogens is 1. The highest BCUT2D eigenvalue weighted by Crippen LogP contribution is 2.41. The summed E-state index contributed by atoms with van der Waals surface area (Å²) in [6.45, 7) is 1.24. The van der Waals surface area contributed by atoms with E-state index < -0.39 is 29.7 Å². The molecule has 0 saturated heterocycles. The molecule has 0 aliphatic carbocycles. The Morgan fingerprint density at radius 1 is 1.32 bits per heavy atom. The van der Waals surface area contributed by atoms with Crippen LogP contribution in [-0.4, -0.2) is 53.8 Å². The average molecular weight is 397 g/mol. The van der Waals surface area contributed by atoms with E-state index >= 15 is 0 Å². The van der Waals surface area contributed by atoms with Crippen LogP contribution < -0.4 is 4.74 Å². The first-order chi connectivity index (χ1) is 13.2. The van der Waals surface area contributed by atoms with Gasteiger partial charge in [0.1, 0.15) is 18.1 Å². The summed E-state index contributed by atoms with van der Waals surface area (Å²) < 4.78 is 50.3. The summed E-state index contributed by atoms with van der Waals surface area (Å²) in [5.74, 6) is -1.33. The van der Waals surface area contributed by atoms with E-state index in [0.717, 1.165) is 0 Å². The van der Waals surface area contributed by atoms with Crippen molar-refractivity contribution in [3.8, 4) is 5.75 Å². The summed E-state index contributed by atoms with van der Waals surface area (Å²) in [6.07, 6.45) is -4.68. The molecule has 1 aliphatic heterocycles. The molecule has 2 heterocycles. The van der Waals surface area contributed by atoms with Crippen LogP contribution in [0.2, 0.25) is 0 Å². The molecule has 3 rings (SSSR count). The number of nitrogens with one attached hydrogen (secondary N) is 1. The van der Waals surface area contributed by atoms with Gasteiger partial charge in [0.2, 0.25) is 0 Å². The lowest BCUT2D eigenvalue weighted by molar-refractivity contribution is -0.142. The van der Waals surface area contributed by atoms with Gasteiger partial charge in [-0.3, -0.25) is 14.7 Å². The van der Waals surface area contributed by atoms with E-state index in [1.165, 1.54) is 18.9 Å². The van der Waals surface area contributed by atoms with Crippen LogP contribution in [0.15, 0.2) is 24.3 Å². The lowest BCUT2D eigenvalue weighted by atomic mass is 9.85. The van der Waals surface area contributed by atoms with Crippen LogP contribution in [0.1, 0.15) is 40.2 Å². The van der Waals surface area contributed by atoms with Crippen LogP contribution in [0.25, 0.3) is 0 Å². The van der Waals surface area contributed by atoms with Gasteiger partial charge >= 0.3 is 12.1 Å². The molecule has 1 amide bonds. The number of benzene rings is 1. The van der Waals surface area contributed by atoms with Gasteiger partial charge in [0.25, 0.3) is 5.91 Å². The molecule has 1 unspecified atom stereocenters. The zero-order valence-electron chi connectivity index (χ0n) is 15.2. The maximum atomic E-state index is 13.5. The lowest BCUT2D eigenvalue weighted by Gasteiger charge is -2.32. The Kier molecular flexibility index (Phi) is 5.30. The first-order valence-electron chi connectivity index (χ1n) is 8.44. The molecular weight excluding hydrogens is 379 g/mol. The number of carbonyl (C=O) groups excluding carboxylic acids is 2. The minimum atomic E-state index is -4.68. The minimum absolute atomic E-state index is 0.00202. The standard InChI is InChI=1S/C18H18F3N3O4/c1-10(25)28-8-7-24-9-13(11-3-5-12(27-2)6-4-11)14-15(17(24)26)22-23-16(14)18(19,20)21/h3-6,13H,7-9H2,1-2H3,(H,22,23). The minimum Gasteiger partial charge on any atom is -0.497 e. The molecule has 1 aliphatic rings. The van der Waals surface area contributed by atoms with E-state index in [0.29, 0.717) is 11.3 Å². The van der Waals surface area contributed by atoms with Gasteiger partial charge in [-0.2, -0.15) is 18.3 Å². The average Bonchev–Trinajstić information content (AvgIpc) is 3.09. The Morgan fingerprint density at radius 2 is 2.00 bits per heavy atom. The number of esters is 1. The van der Waals surface area contributed by atoms with Crippen molar-refractivity contribution in [2.45, 2.75) is 19.0 Å². The van der Waals surface area contributed by atoms with E-state index in [-0.39, 0.29) is 31.0 Å². The van der Waals surface area contributed by atoms with Gasteiger partial charge in [0, 0.05) is 24.9 Å². The van der Waals surface area contributed by atoms with Crippen molar-refractivity contribution in [2.24, 2.45) is 0 Å². The summed E-state index contributed by atoms with van der Waals surface area (Å²) in [4.78, 5) is 24.9. The number of fused-ring (bicyclic) bond motifs is 1. The third-order valence-corrected chi connectivity index (χ3v) is 4.51. The fraction of sp³-hybridized carbons (Fsp3) is 0.389. The molecule has 1 N–H and O–H groups in total. The smallest absolute Gasteiger partial charge is 0.433 e. The molecule has 7 nitrogen and oxygen atoms in total. The molecular formula is C18H18F3N3O4. The number of hydrogen-bond acceptors (Lipinski definition) is 5. The number of methoxy groups -OCH3 is 1. The molecule has 2 aromatic rings. The van der Waals surface area contributed by atoms with Crippen LogP contribution in [0, 0.1) is 0 Å². The van der Waals surface area contributed by atoms with Crippen molar-refractivity contribution in [1.29, 1.82) is 0 Å². The van der Waals surface area contributed by atoms with Gasteiger partial charge in [-0.25, -0.2) is 0 Å². The number of hydrogen-bond donors (Lipinski definition) is 1. The number of aromatic amines is 1. The van der Waals surface area contributed by atoms with Gasteiger partial charge in [0.05, 0.1) is 13.7 Å². The molecule has 28 heavy (non-hydrogen) atoms. The Balaban J connectivity index is 2.00. The van der Waals surface area contributed by atoms with E-state index in [4.69, 9.17) is 9.47 Å². The van der Waals surface area contributed by atoms with E-state index in [2.05, 4.69) is 5.10 Å². The predicted molar refractivity (Wildman–Crippen MR) is 91.0 cm³/mol. The highest BCUT2D eigenvalue weighted by atomic mass is 19.4. The second-order valence-corrected chi connectivity index (χ2v) is 6.28. The van der Waals surface area contributed by atoms with Crippen molar-refractivity contribution in [2.75, 3.05) is 26.8 Å². The maximum Gasteiger partial charge on any atom is 0.433 e. The van der Waals surface area contributed by atoms with Crippen molar-refractivity contribution in [3.63, 3.8) is 0 Å².